The van der Waals surface area contributed by atoms with Crippen molar-refractivity contribution in [1.82, 2.24) is 0 Å². The van der Waals surface area contributed by atoms with Gasteiger partial charge in [-0.15, -0.1) is 0 Å². The summed E-state index contributed by atoms with van der Waals surface area (Å²) in [6, 6.07) is 0. The first-order valence-corrected chi connectivity index (χ1v) is 5.16. The molecular formula is C11H16O. The summed E-state index contributed by atoms with van der Waals surface area (Å²) in [6.07, 6.45) is 10.1. The van der Waals surface area contributed by atoms with Gasteiger partial charge < -0.3 is 5.11 Å². The monoisotopic (exact) mass is 164 g/mol. The second kappa shape index (κ2) is 2.14. The van der Waals surface area contributed by atoms with E-state index in [-0.39, 0.29) is 0 Å². The minimum absolute atomic E-state index is 0.333. The molecule has 0 aromatic carbocycles. The maximum absolute atomic E-state index is 9.52. The fourth-order valence-corrected chi connectivity index (χ4v) is 3.99. The number of rotatable bonds is 1. The van der Waals surface area contributed by atoms with E-state index >= 15 is 0 Å². The van der Waals surface area contributed by atoms with Gasteiger partial charge in [-0.1, -0.05) is 18.6 Å². The largest absolute Gasteiger partial charge is 0.396 e. The average Bonchev–Trinajstić information content (AvgIpc) is 2.76. The molecule has 3 aliphatic rings. The number of hydrogen-bond donors (Lipinski definition) is 1. The summed E-state index contributed by atoms with van der Waals surface area (Å²) in [4.78, 5) is 0. The first-order valence-electron chi connectivity index (χ1n) is 5.16. The first-order chi connectivity index (χ1) is 5.87. The maximum atomic E-state index is 9.52. The highest BCUT2D eigenvalue weighted by Gasteiger charge is 2.57. The van der Waals surface area contributed by atoms with Crippen LogP contribution in [-0.2, 0) is 0 Å². The predicted molar refractivity (Wildman–Crippen MR) is 47.6 cm³/mol. The Morgan fingerprint density at radius 1 is 1.42 bits per heavy atom. The third-order valence-corrected chi connectivity index (χ3v) is 4.56. The first kappa shape index (κ1) is 7.14. The Morgan fingerprint density at radius 3 is 3.08 bits per heavy atom. The molecular weight excluding hydrogens is 148 g/mol. The topological polar surface area (TPSA) is 20.2 Å². The summed E-state index contributed by atoms with van der Waals surface area (Å²) in [6.45, 7) is 0.434. The van der Waals surface area contributed by atoms with Crippen LogP contribution in [0.15, 0.2) is 12.2 Å². The summed E-state index contributed by atoms with van der Waals surface area (Å²) in [5.74, 6) is 2.38. The van der Waals surface area contributed by atoms with Crippen molar-refractivity contribution in [2.24, 2.45) is 23.2 Å². The van der Waals surface area contributed by atoms with E-state index < -0.39 is 0 Å². The van der Waals surface area contributed by atoms with Crippen molar-refractivity contribution in [3.8, 4) is 0 Å². The predicted octanol–water partition coefficient (Wildman–Crippen LogP) is 1.97. The van der Waals surface area contributed by atoms with E-state index in [9.17, 15) is 5.11 Å². The third kappa shape index (κ3) is 0.610. The van der Waals surface area contributed by atoms with E-state index in [1.807, 2.05) is 0 Å². The fraction of sp³-hybridized carbons (Fsp3) is 0.818. The lowest BCUT2D eigenvalue weighted by Crippen LogP contribution is -2.33. The maximum Gasteiger partial charge on any atom is 0.0495 e. The van der Waals surface area contributed by atoms with Gasteiger partial charge >= 0.3 is 0 Å². The highest BCUT2D eigenvalue weighted by Crippen LogP contribution is 2.63. The van der Waals surface area contributed by atoms with E-state index in [2.05, 4.69) is 12.2 Å². The van der Waals surface area contributed by atoms with E-state index in [4.69, 9.17) is 0 Å². The molecule has 3 rings (SSSR count). The minimum atomic E-state index is 0.333. The molecule has 1 N–H and O–H groups in total. The van der Waals surface area contributed by atoms with Crippen LogP contribution in [-0.4, -0.2) is 11.7 Å². The summed E-state index contributed by atoms with van der Waals surface area (Å²) in [5, 5.41) is 9.52. The Morgan fingerprint density at radius 2 is 2.33 bits per heavy atom. The molecule has 4 atom stereocenters. The summed E-state index contributed by atoms with van der Waals surface area (Å²) in [7, 11) is 0. The van der Waals surface area contributed by atoms with Crippen LogP contribution in [0.2, 0.25) is 0 Å². The van der Waals surface area contributed by atoms with Crippen LogP contribution in [0, 0.1) is 23.2 Å². The van der Waals surface area contributed by atoms with Gasteiger partial charge in [-0.05, 0) is 37.0 Å². The van der Waals surface area contributed by atoms with E-state index in [0.29, 0.717) is 12.0 Å². The quantitative estimate of drug-likeness (QED) is 0.587. The van der Waals surface area contributed by atoms with Gasteiger partial charge in [-0.3, -0.25) is 0 Å². The molecule has 0 aliphatic heterocycles. The zero-order valence-corrected chi connectivity index (χ0v) is 7.37. The van der Waals surface area contributed by atoms with E-state index in [0.717, 1.165) is 17.8 Å². The molecule has 0 amide bonds. The van der Waals surface area contributed by atoms with Crippen LogP contribution in [0.4, 0.5) is 0 Å². The number of allylic oxidation sites excluding steroid dienone is 2. The molecule has 12 heavy (non-hydrogen) atoms. The molecule has 66 valence electrons. The molecule has 0 saturated heterocycles. The van der Waals surface area contributed by atoms with Gasteiger partial charge in [0.15, 0.2) is 0 Å². The van der Waals surface area contributed by atoms with Crippen LogP contribution in [0.3, 0.4) is 0 Å². The molecule has 0 spiro atoms. The van der Waals surface area contributed by atoms with E-state index in [1.165, 1.54) is 25.7 Å². The van der Waals surface area contributed by atoms with Gasteiger partial charge in [0.2, 0.25) is 0 Å². The molecule has 1 nitrogen and oxygen atoms in total. The van der Waals surface area contributed by atoms with Crippen LogP contribution in [0.5, 0.6) is 0 Å². The lowest BCUT2D eigenvalue weighted by Gasteiger charge is -2.35. The summed E-state index contributed by atoms with van der Waals surface area (Å²) >= 11 is 0. The van der Waals surface area contributed by atoms with Crippen LogP contribution in [0.25, 0.3) is 0 Å². The van der Waals surface area contributed by atoms with Gasteiger partial charge in [-0.2, -0.15) is 0 Å². The molecule has 1 heteroatoms. The van der Waals surface area contributed by atoms with Crippen molar-refractivity contribution in [1.29, 1.82) is 0 Å². The van der Waals surface area contributed by atoms with Gasteiger partial charge in [-0.25, -0.2) is 0 Å². The Labute approximate surface area is 73.5 Å². The van der Waals surface area contributed by atoms with Crippen LogP contribution in [0.1, 0.15) is 25.7 Å². The Bertz CT molecular complexity index is 233. The number of hydrogen-bond acceptors (Lipinski definition) is 1. The molecule has 2 fully saturated rings. The van der Waals surface area contributed by atoms with Crippen molar-refractivity contribution in [3.05, 3.63) is 12.2 Å². The van der Waals surface area contributed by atoms with Gasteiger partial charge in [0.1, 0.15) is 0 Å². The molecule has 0 aromatic rings. The highest BCUT2D eigenvalue weighted by molar-refractivity contribution is 5.20. The van der Waals surface area contributed by atoms with Crippen molar-refractivity contribution < 1.29 is 5.11 Å². The molecule has 0 radical (unpaired) electrons. The zero-order valence-electron chi connectivity index (χ0n) is 7.37. The van der Waals surface area contributed by atoms with E-state index in [1.54, 1.807) is 0 Å². The SMILES string of the molecule is OCC12CCCC1C1C=CC2C1. The summed E-state index contributed by atoms with van der Waals surface area (Å²) < 4.78 is 0. The second-order valence-electron chi connectivity index (χ2n) is 4.78. The molecule has 3 aliphatic carbocycles. The average molecular weight is 164 g/mol. The van der Waals surface area contributed by atoms with Gasteiger partial charge in [0, 0.05) is 12.0 Å². The number of aliphatic hydroxyl groups is 1. The second-order valence-corrected chi connectivity index (χ2v) is 4.78. The van der Waals surface area contributed by atoms with Gasteiger partial charge in [0.05, 0.1) is 0 Å². The zero-order chi connectivity index (χ0) is 8.18. The molecule has 2 bridgehead atoms. The third-order valence-electron chi connectivity index (χ3n) is 4.56. The Kier molecular flexibility index (Phi) is 1.27. The molecule has 4 unspecified atom stereocenters. The normalized spacial score (nSPS) is 54.9. The molecule has 0 heterocycles. The van der Waals surface area contributed by atoms with Crippen molar-refractivity contribution in [2.45, 2.75) is 25.7 Å². The highest BCUT2D eigenvalue weighted by atomic mass is 16.3. The van der Waals surface area contributed by atoms with Crippen molar-refractivity contribution >= 4 is 0 Å². The standard InChI is InChI=1S/C11H16O/c12-7-11-5-1-2-10(11)8-3-4-9(11)6-8/h3-4,8-10,12H,1-2,5-7H2. The minimum Gasteiger partial charge on any atom is -0.396 e. The fourth-order valence-electron chi connectivity index (χ4n) is 3.99. The lowest BCUT2D eigenvalue weighted by molar-refractivity contribution is 0.0703. The summed E-state index contributed by atoms with van der Waals surface area (Å²) in [5.41, 5.74) is 0.333. The van der Waals surface area contributed by atoms with Crippen molar-refractivity contribution in [2.75, 3.05) is 6.61 Å². The van der Waals surface area contributed by atoms with Crippen molar-refractivity contribution in [3.63, 3.8) is 0 Å². The number of aliphatic hydroxyl groups excluding tert-OH is 1. The Hall–Kier alpha value is -0.300. The van der Waals surface area contributed by atoms with Crippen LogP contribution >= 0.6 is 0 Å². The van der Waals surface area contributed by atoms with Gasteiger partial charge in [0.25, 0.3) is 0 Å². The Balaban J connectivity index is 2.03. The lowest BCUT2D eigenvalue weighted by atomic mass is 9.71. The molecule has 0 aromatic heterocycles. The van der Waals surface area contributed by atoms with Crippen LogP contribution < -0.4 is 0 Å². The molecule has 2 saturated carbocycles. The smallest absolute Gasteiger partial charge is 0.0495 e. The number of fused-ring (bicyclic) bond motifs is 5.